The van der Waals surface area contributed by atoms with Gasteiger partial charge in [0.05, 0.1) is 6.61 Å². The van der Waals surface area contributed by atoms with Crippen LogP contribution in [-0.4, -0.2) is 34.8 Å². The van der Waals surface area contributed by atoms with Crippen LogP contribution in [0, 0.1) is 0 Å². The van der Waals surface area contributed by atoms with E-state index in [-0.39, 0.29) is 6.61 Å². The smallest absolute Gasteiger partial charge is 0.157 e. The Hall–Kier alpha value is -2.34. The molecule has 1 heterocycles. The summed E-state index contributed by atoms with van der Waals surface area (Å²) in [6.45, 7) is 3.92. The molecule has 6 heteroatoms. The molecule has 0 unspecified atom stereocenters. The van der Waals surface area contributed by atoms with Gasteiger partial charge in [-0.3, -0.25) is 0 Å². The fourth-order valence-electron chi connectivity index (χ4n) is 2.10. The van der Waals surface area contributed by atoms with Gasteiger partial charge in [-0.05, 0) is 12.5 Å². The highest BCUT2D eigenvalue weighted by atomic mass is 16.3. The van der Waals surface area contributed by atoms with Crippen molar-refractivity contribution in [3.05, 3.63) is 42.2 Å². The van der Waals surface area contributed by atoms with E-state index in [0.29, 0.717) is 30.4 Å². The number of nitrogens with two attached hydrogens (primary N) is 1. The van der Waals surface area contributed by atoms with Crippen LogP contribution in [-0.2, 0) is 6.54 Å². The molecule has 4 N–H and O–H groups in total. The molecule has 0 atom stereocenters. The zero-order chi connectivity index (χ0) is 15.1. The third-order valence-electron chi connectivity index (χ3n) is 3.22. The minimum Gasteiger partial charge on any atom is -0.395 e. The average molecular weight is 287 g/mol. The van der Waals surface area contributed by atoms with Crippen LogP contribution in [0.4, 0.5) is 17.3 Å². The summed E-state index contributed by atoms with van der Waals surface area (Å²) in [6.07, 6.45) is 1.49. The molecule has 0 amide bonds. The Morgan fingerprint density at radius 1 is 1.24 bits per heavy atom. The number of nitrogen functional groups attached to an aromatic ring is 1. The fraction of sp³-hybridized carbons (Fsp3) is 0.333. The van der Waals surface area contributed by atoms with Gasteiger partial charge in [-0.1, -0.05) is 30.3 Å². The Labute approximate surface area is 124 Å². The highest BCUT2D eigenvalue weighted by Crippen LogP contribution is 2.26. The second-order valence-corrected chi connectivity index (χ2v) is 4.60. The highest BCUT2D eigenvalue weighted by Gasteiger charge is 2.13. The van der Waals surface area contributed by atoms with Crippen LogP contribution in [0.2, 0.25) is 0 Å². The lowest BCUT2D eigenvalue weighted by Gasteiger charge is -2.23. The second kappa shape index (κ2) is 7.44. The lowest BCUT2D eigenvalue weighted by molar-refractivity contribution is 0.302. The van der Waals surface area contributed by atoms with Crippen molar-refractivity contribution in [2.75, 3.05) is 35.6 Å². The van der Waals surface area contributed by atoms with Gasteiger partial charge in [0.2, 0.25) is 0 Å². The van der Waals surface area contributed by atoms with Gasteiger partial charge < -0.3 is 21.1 Å². The Morgan fingerprint density at radius 3 is 2.67 bits per heavy atom. The summed E-state index contributed by atoms with van der Waals surface area (Å²) in [6, 6.07) is 10.0. The Morgan fingerprint density at radius 2 is 2.00 bits per heavy atom. The predicted molar refractivity (Wildman–Crippen MR) is 85.2 cm³/mol. The van der Waals surface area contributed by atoms with Crippen LogP contribution in [0.5, 0.6) is 0 Å². The summed E-state index contributed by atoms with van der Waals surface area (Å²) in [5, 5.41) is 12.3. The molecule has 0 fully saturated rings. The van der Waals surface area contributed by atoms with Gasteiger partial charge in [0.15, 0.2) is 11.6 Å². The van der Waals surface area contributed by atoms with Gasteiger partial charge in [-0.15, -0.1) is 0 Å². The lowest BCUT2D eigenvalue weighted by Crippen LogP contribution is -2.28. The SMILES string of the molecule is CCN(CCO)c1ncnc(NCc2ccccc2)c1N. The molecule has 0 bridgehead atoms. The minimum atomic E-state index is 0.0596. The van der Waals surface area contributed by atoms with Gasteiger partial charge >= 0.3 is 0 Å². The summed E-state index contributed by atoms with van der Waals surface area (Å²) in [7, 11) is 0. The summed E-state index contributed by atoms with van der Waals surface area (Å²) in [5.41, 5.74) is 7.80. The number of benzene rings is 1. The van der Waals surface area contributed by atoms with Crippen molar-refractivity contribution in [3.63, 3.8) is 0 Å². The zero-order valence-corrected chi connectivity index (χ0v) is 12.2. The van der Waals surface area contributed by atoms with Gasteiger partial charge in [0, 0.05) is 19.6 Å². The number of aromatic nitrogens is 2. The van der Waals surface area contributed by atoms with E-state index in [2.05, 4.69) is 15.3 Å². The number of anilines is 3. The van der Waals surface area contributed by atoms with Crippen LogP contribution >= 0.6 is 0 Å². The van der Waals surface area contributed by atoms with Crippen LogP contribution < -0.4 is 16.0 Å². The van der Waals surface area contributed by atoms with E-state index >= 15 is 0 Å². The maximum atomic E-state index is 9.10. The number of aliphatic hydroxyl groups excluding tert-OH is 1. The molecule has 112 valence electrons. The van der Waals surface area contributed by atoms with Crippen LogP contribution in [0.15, 0.2) is 36.7 Å². The molecule has 21 heavy (non-hydrogen) atoms. The predicted octanol–water partition coefficient (Wildman–Crippen LogP) is 1.49. The topological polar surface area (TPSA) is 87.3 Å². The molecule has 0 radical (unpaired) electrons. The standard InChI is InChI=1S/C15H21N5O/c1-2-20(8-9-21)15-13(16)14(18-11-19-15)17-10-12-6-4-3-5-7-12/h3-7,11,21H,2,8-10,16H2,1H3,(H,17,18,19). The first-order valence-corrected chi connectivity index (χ1v) is 7.00. The number of hydrogen-bond acceptors (Lipinski definition) is 6. The third kappa shape index (κ3) is 3.82. The monoisotopic (exact) mass is 287 g/mol. The van der Waals surface area contributed by atoms with Gasteiger partial charge in [-0.25, -0.2) is 9.97 Å². The third-order valence-corrected chi connectivity index (χ3v) is 3.22. The first kappa shape index (κ1) is 15.1. The van der Waals surface area contributed by atoms with Crippen molar-refractivity contribution in [2.24, 2.45) is 0 Å². The van der Waals surface area contributed by atoms with Crippen LogP contribution in [0.3, 0.4) is 0 Å². The van der Waals surface area contributed by atoms with E-state index in [0.717, 1.165) is 12.1 Å². The second-order valence-electron chi connectivity index (χ2n) is 4.60. The van der Waals surface area contributed by atoms with E-state index < -0.39 is 0 Å². The van der Waals surface area contributed by atoms with Crippen molar-refractivity contribution in [2.45, 2.75) is 13.5 Å². The number of likely N-dealkylation sites (N-methyl/N-ethyl adjacent to an activating group) is 1. The molecule has 0 spiro atoms. The number of nitrogens with zero attached hydrogens (tertiary/aromatic N) is 3. The molecule has 0 aliphatic heterocycles. The molecule has 6 nitrogen and oxygen atoms in total. The normalized spacial score (nSPS) is 10.4. The average Bonchev–Trinajstić information content (AvgIpc) is 2.53. The molecule has 1 aromatic heterocycles. The molecule has 0 saturated heterocycles. The number of rotatable bonds is 7. The Balaban J connectivity index is 2.13. The quantitative estimate of drug-likeness (QED) is 0.715. The molecule has 2 aromatic rings. The maximum absolute atomic E-state index is 9.10. The number of nitrogens with one attached hydrogen (secondary N) is 1. The summed E-state index contributed by atoms with van der Waals surface area (Å²) in [5.74, 6) is 1.26. The molecule has 0 saturated carbocycles. The molecular formula is C15H21N5O. The first-order chi connectivity index (χ1) is 10.3. The number of aliphatic hydroxyl groups is 1. The van der Waals surface area contributed by atoms with Gasteiger partial charge in [0.25, 0.3) is 0 Å². The molecular weight excluding hydrogens is 266 g/mol. The first-order valence-electron chi connectivity index (χ1n) is 7.00. The van der Waals surface area contributed by atoms with Crippen LogP contribution in [0.1, 0.15) is 12.5 Å². The Bertz CT molecular complexity index is 561. The van der Waals surface area contributed by atoms with E-state index in [1.54, 1.807) is 0 Å². The zero-order valence-electron chi connectivity index (χ0n) is 12.2. The minimum absolute atomic E-state index is 0.0596. The lowest BCUT2D eigenvalue weighted by atomic mass is 10.2. The van der Waals surface area contributed by atoms with E-state index in [1.807, 2.05) is 42.2 Å². The molecule has 2 rings (SSSR count). The molecule has 0 aliphatic carbocycles. The fourth-order valence-corrected chi connectivity index (χ4v) is 2.10. The van der Waals surface area contributed by atoms with E-state index in [4.69, 9.17) is 10.8 Å². The largest absolute Gasteiger partial charge is 0.395 e. The highest BCUT2D eigenvalue weighted by molar-refractivity contribution is 5.74. The van der Waals surface area contributed by atoms with Crippen molar-refractivity contribution in [1.82, 2.24) is 9.97 Å². The summed E-state index contributed by atoms with van der Waals surface area (Å²) < 4.78 is 0. The van der Waals surface area contributed by atoms with Crippen molar-refractivity contribution >= 4 is 17.3 Å². The van der Waals surface area contributed by atoms with E-state index in [1.165, 1.54) is 6.33 Å². The van der Waals surface area contributed by atoms with Crippen LogP contribution in [0.25, 0.3) is 0 Å². The maximum Gasteiger partial charge on any atom is 0.157 e. The van der Waals surface area contributed by atoms with Crippen molar-refractivity contribution < 1.29 is 5.11 Å². The molecule has 1 aromatic carbocycles. The van der Waals surface area contributed by atoms with Gasteiger partial charge in [-0.2, -0.15) is 0 Å². The Kier molecular flexibility index (Phi) is 5.34. The number of hydrogen-bond donors (Lipinski definition) is 3. The molecule has 0 aliphatic rings. The van der Waals surface area contributed by atoms with Crippen molar-refractivity contribution in [3.8, 4) is 0 Å². The van der Waals surface area contributed by atoms with Crippen molar-refractivity contribution in [1.29, 1.82) is 0 Å². The van der Waals surface area contributed by atoms with E-state index in [9.17, 15) is 0 Å². The summed E-state index contributed by atoms with van der Waals surface area (Å²) >= 11 is 0. The summed E-state index contributed by atoms with van der Waals surface area (Å²) in [4.78, 5) is 10.3. The van der Waals surface area contributed by atoms with Gasteiger partial charge in [0.1, 0.15) is 12.0 Å².